The van der Waals surface area contributed by atoms with E-state index in [0.717, 1.165) is 18.4 Å². The number of hydrogen-bond donors (Lipinski definition) is 0. The lowest BCUT2D eigenvalue weighted by Crippen LogP contribution is -2.00. The predicted octanol–water partition coefficient (Wildman–Crippen LogP) is 5.12. The molecule has 0 bridgehead atoms. The summed E-state index contributed by atoms with van der Waals surface area (Å²) in [6.07, 6.45) is 11.0. The quantitative estimate of drug-likeness (QED) is 0.284. The van der Waals surface area contributed by atoms with Crippen LogP contribution in [0.2, 0.25) is 0 Å². The molecule has 1 aromatic carbocycles. The summed E-state index contributed by atoms with van der Waals surface area (Å²) in [6.45, 7) is 4.00. The Hall–Kier alpha value is -1.83. The second kappa shape index (κ2) is 10.0. The second-order valence-electron chi connectivity index (χ2n) is 4.86. The lowest BCUT2D eigenvalue weighted by Gasteiger charge is -2.00. The third-order valence-corrected chi connectivity index (χ3v) is 3.07. The average Bonchev–Trinajstić information content (AvgIpc) is 2.47. The van der Waals surface area contributed by atoms with Crippen LogP contribution in [0, 0.1) is 0 Å². The molecule has 0 radical (unpaired) electrons. The van der Waals surface area contributed by atoms with Gasteiger partial charge in [0.1, 0.15) is 0 Å². The van der Waals surface area contributed by atoms with Crippen LogP contribution in [0.4, 0.5) is 0 Å². The van der Waals surface area contributed by atoms with Crippen molar-refractivity contribution in [1.82, 2.24) is 0 Å². The largest absolute Gasteiger partial charge is 0.431 e. The summed E-state index contributed by atoms with van der Waals surface area (Å²) in [7, 11) is 0. The zero-order chi connectivity index (χ0) is 14.6. The molecule has 0 heterocycles. The van der Waals surface area contributed by atoms with Crippen LogP contribution in [0.1, 0.15) is 51.5 Å². The molecule has 0 fully saturated rings. The van der Waals surface area contributed by atoms with Gasteiger partial charge in [0, 0.05) is 5.57 Å². The molecule has 0 saturated heterocycles. The molecule has 0 aromatic heterocycles. The van der Waals surface area contributed by atoms with Gasteiger partial charge in [0.2, 0.25) is 0 Å². The van der Waals surface area contributed by atoms with E-state index in [-0.39, 0.29) is 5.97 Å². The van der Waals surface area contributed by atoms with Crippen molar-refractivity contribution in [2.75, 3.05) is 0 Å². The first-order chi connectivity index (χ1) is 9.74. The summed E-state index contributed by atoms with van der Waals surface area (Å²) in [5, 5.41) is 0. The van der Waals surface area contributed by atoms with E-state index in [0.29, 0.717) is 5.57 Å². The van der Waals surface area contributed by atoms with Crippen molar-refractivity contribution in [1.29, 1.82) is 0 Å². The number of hydrogen-bond acceptors (Lipinski definition) is 2. The maximum Gasteiger partial charge on any atom is 0.338 e. The molecule has 108 valence electrons. The lowest BCUT2D eigenvalue weighted by molar-refractivity contribution is -0.133. The van der Waals surface area contributed by atoms with Gasteiger partial charge < -0.3 is 4.74 Å². The third-order valence-electron chi connectivity index (χ3n) is 3.07. The normalized spacial score (nSPS) is 11.8. The smallest absolute Gasteiger partial charge is 0.338 e. The summed E-state index contributed by atoms with van der Waals surface area (Å²) in [5.41, 5.74) is 1.70. The van der Waals surface area contributed by atoms with Crippen molar-refractivity contribution in [2.24, 2.45) is 0 Å². The first-order valence-electron chi connectivity index (χ1n) is 7.33. The Balaban J connectivity index is 2.31. The van der Waals surface area contributed by atoms with Gasteiger partial charge >= 0.3 is 5.97 Å². The molecule has 0 aliphatic carbocycles. The minimum Gasteiger partial charge on any atom is -0.431 e. The van der Waals surface area contributed by atoms with Crippen molar-refractivity contribution >= 4 is 12.0 Å². The number of esters is 1. The van der Waals surface area contributed by atoms with Gasteiger partial charge in [0.15, 0.2) is 0 Å². The Morgan fingerprint density at radius 1 is 1.15 bits per heavy atom. The third kappa shape index (κ3) is 6.93. The van der Waals surface area contributed by atoms with Gasteiger partial charge in [0.05, 0.1) is 6.26 Å². The summed E-state index contributed by atoms with van der Waals surface area (Å²) in [4.78, 5) is 11.7. The van der Waals surface area contributed by atoms with Crippen molar-refractivity contribution < 1.29 is 9.53 Å². The van der Waals surface area contributed by atoms with Crippen LogP contribution in [-0.4, -0.2) is 5.97 Å². The zero-order valence-corrected chi connectivity index (χ0v) is 12.5. The van der Waals surface area contributed by atoms with Gasteiger partial charge in [-0.25, -0.2) is 4.79 Å². The molecule has 2 heteroatoms. The Labute approximate surface area is 122 Å². The molecule has 0 N–H and O–H groups in total. The molecule has 0 unspecified atom stereocenters. The Bertz CT molecular complexity index is 444. The number of carbonyl (C=O) groups excluding carboxylic acids is 1. The van der Waals surface area contributed by atoms with E-state index in [9.17, 15) is 4.79 Å². The van der Waals surface area contributed by atoms with Gasteiger partial charge in [0.25, 0.3) is 0 Å². The topological polar surface area (TPSA) is 26.3 Å². The fourth-order valence-electron chi connectivity index (χ4n) is 1.80. The van der Waals surface area contributed by atoms with Crippen LogP contribution in [0.25, 0.3) is 6.08 Å². The Morgan fingerprint density at radius 3 is 2.60 bits per heavy atom. The molecule has 0 aliphatic rings. The standard InChI is InChI=1S/C18H24O2/c1-3-4-5-6-8-11-16(2)18(19)20-15-14-17-12-9-7-10-13-17/h7,9-15H,3-6,8H2,1-2H3. The van der Waals surface area contributed by atoms with E-state index >= 15 is 0 Å². The predicted molar refractivity (Wildman–Crippen MR) is 84.1 cm³/mol. The molecular formula is C18H24O2. The van der Waals surface area contributed by atoms with Crippen molar-refractivity contribution in [3.05, 3.63) is 53.8 Å². The first-order valence-corrected chi connectivity index (χ1v) is 7.33. The number of carbonyl (C=O) groups is 1. The van der Waals surface area contributed by atoms with Gasteiger partial charge in [-0.15, -0.1) is 0 Å². The van der Waals surface area contributed by atoms with E-state index in [1.807, 2.05) is 36.4 Å². The highest BCUT2D eigenvalue weighted by molar-refractivity contribution is 5.88. The van der Waals surface area contributed by atoms with Crippen molar-refractivity contribution in [2.45, 2.75) is 46.0 Å². The van der Waals surface area contributed by atoms with E-state index in [2.05, 4.69) is 6.92 Å². The molecule has 0 spiro atoms. The van der Waals surface area contributed by atoms with Crippen LogP contribution in [-0.2, 0) is 9.53 Å². The van der Waals surface area contributed by atoms with Crippen molar-refractivity contribution in [3.8, 4) is 0 Å². The number of ether oxygens (including phenoxy) is 1. The summed E-state index contributed by atoms with van der Waals surface area (Å²) >= 11 is 0. The Kier molecular flexibility index (Phi) is 8.13. The van der Waals surface area contributed by atoms with E-state index < -0.39 is 0 Å². The van der Waals surface area contributed by atoms with E-state index in [1.165, 1.54) is 25.5 Å². The highest BCUT2D eigenvalue weighted by Crippen LogP contribution is 2.07. The lowest BCUT2D eigenvalue weighted by atomic mass is 10.1. The molecule has 0 saturated carbocycles. The summed E-state index contributed by atoms with van der Waals surface area (Å²) < 4.78 is 5.10. The number of benzene rings is 1. The number of rotatable bonds is 8. The average molecular weight is 272 g/mol. The molecule has 2 nitrogen and oxygen atoms in total. The first kappa shape index (κ1) is 16.2. The van der Waals surface area contributed by atoms with Crippen LogP contribution in [0.15, 0.2) is 48.2 Å². The zero-order valence-electron chi connectivity index (χ0n) is 12.5. The summed E-state index contributed by atoms with van der Waals surface area (Å²) in [6, 6.07) is 9.77. The number of allylic oxidation sites excluding steroid dienone is 1. The highest BCUT2D eigenvalue weighted by Gasteiger charge is 2.02. The minimum atomic E-state index is -0.271. The van der Waals surface area contributed by atoms with Gasteiger partial charge in [-0.1, -0.05) is 62.6 Å². The molecular weight excluding hydrogens is 248 g/mol. The van der Waals surface area contributed by atoms with Crippen LogP contribution < -0.4 is 0 Å². The van der Waals surface area contributed by atoms with Gasteiger partial charge in [-0.3, -0.25) is 0 Å². The minimum absolute atomic E-state index is 0.271. The van der Waals surface area contributed by atoms with Crippen LogP contribution in [0.3, 0.4) is 0 Å². The van der Waals surface area contributed by atoms with Gasteiger partial charge in [-0.2, -0.15) is 0 Å². The monoisotopic (exact) mass is 272 g/mol. The molecule has 0 aliphatic heterocycles. The maximum absolute atomic E-state index is 11.7. The van der Waals surface area contributed by atoms with Crippen LogP contribution >= 0.6 is 0 Å². The van der Waals surface area contributed by atoms with Crippen molar-refractivity contribution in [3.63, 3.8) is 0 Å². The van der Waals surface area contributed by atoms with Crippen LogP contribution in [0.5, 0.6) is 0 Å². The van der Waals surface area contributed by atoms with E-state index in [1.54, 1.807) is 13.0 Å². The molecule has 0 atom stereocenters. The number of unbranched alkanes of at least 4 members (excludes halogenated alkanes) is 4. The fourth-order valence-corrected chi connectivity index (χ4v) is 1.80. The highest BCUT2D eigenvalue weighted by atomic mass is 16.5. The van der Waals surface area contributed by atoms with Gasteiger partial charge in [-0.05, 0) is 31.4 Å². The molecule has 1 aromatic rings. The SMILES string of the molecule is CCCCCCC=C(C)C(=O)OC=Cc1ccccc1. The molecule has 20 heavy (non-hydrogen) atoms. The fraction of sp³-hybridized carbons (Fsp3) is 0.389. The molecule has 1 rings (SSSR count). The maximum atomic E-state index is 11.7. The Morgan fingerprint density at radius 2 is 1.90 bits per heavy atom. The van der Waals surface area contributed by atoms with E-state index in [4.69, 9.17) is 4.74 Å². The summed E-state index contributed by atoms with van der Waals surface area (Å²) in [5.74, 6) is -0.271. The molecule has 0 amide bonds. The second-order valence-corrected chi connectivity index (χ2v) is 4.86.